The second-order valence-electron chi connectivity index (χ2n) is 4.95. The van der Waals surface area contributed by atoms with Crippen molar-refractivity contribution in [1.29, 1.82) is 0 Å². The van der Waals surface area contributed by atoms with Gasteiger partial charge in [-0.25, -0.2) is 4.98 Å². The third kappa shape index (κ3) is 3.63. The Kier molecular flexibility index (Phi) is 4.78. The lowest BCUT2D eigenvalue weighted by Crippen LogP contribution is -1.98. The highest BCUT2D eigenvalue weighted by molar-refractivity contribution is 7.14. The summed E-state index contributed by atoms with van der Waals surface area (Å²) in [5, 5.41) is 6.29. The van der Waals surface area contributed by atoms with E-state index in [1.165, 1.54) is 5.56 Å². The first-order chi connectivity index (χ1) is 11.3. The highest BCUT2D eigenvalue weighted by Gasteiger charge is 2.09. The molecule has 4 nitrogen and oxygen atoms in total. The molecule has 23 heavy (non-hydrogen) atoms. The summed E-state index contributed by atoms with van der Waals surface area (Å²) in [5.41, 5.74) is 3.16. The van der Waals surface area contributed by atoms with Crippen LogP contribution in [0.15, 0.2) is 53.9 Å². The van der Waals surface area contributed by atoms with Crippen LogP contribution in [0.25, 0.3) is 11.3 Å². The number of hydrogen-bond acceptors (Lipinski definition) is 5. The minimum atomic E-state index is 0.705. The number of thiazole rings is 1. The molecule has 0 unspecified atom stereocenters. The number of hydrogen-bond donors (Lipinski definition) is 1. The summed E-state index contributed by atoms with van der Waals surface area (Å²) < 4.78 is 10.6. The molecule has 0 spiro atoms. The molecule has 0 aliphatic heterocycles. The molecule has 0 bridgehead atoms. The number of aromatic nitrogens is 1. The molecule has 0 aliphatic carbocycles. The smallest absolute Gasteiger partial charge is 0.183 e. The van der Waals surface area contributed by atoms with Crippen molar-refractivity contribution in [2.24, 2.45) is 0 Å². The first-order valence-corrected chi connectivity index (χ1v) is 8.14. The molecule has 1 N–H and O–H groups in total. The monoisotopic (exact) mass is 326 g/mol. The molecule has 1 aromatic heterocycles. The van der Waals surface area contributed by atoms with Gasteiger partial charge in [0.2, 0.25) is 0 Å². The van der Waals surface area contributed by atoms with E-state index in [1.54, 1.807) is 25.6 Å². The predicted molar refractivity (Wildman–Crippen MR) is 94.4 cm³/mol. The van der Waals surface area contributed by atoms with E-state index < -0.39 is 0 Å². The Morgan fingerprint density at radius 2 is 1.78 bits per heavy atom. The van der Waals surface area contributed by atoms with Crippen molar-refractivity contribution < 1.29 is 9.47 Å². The van der Waals surface area contributed by atoms with Gasteiger partial charge in [0.05, 0.1) is 19.9 Å². The van der Waals surface area contributed by atoms with Crippen LogP contribution in [0.3, 0.4) is 0 Å². The number of rotatable bonds is 6. The van der Waals surface area contributed by atoms with E-state index in [-0.39, 0.29) is 0 Å². The second kappa shape index (κ2) is 7.15. The molecule has 0 atom stereocenters. The van der Waals surface area contributed by atoms with E-state index in [0.717, 1.165) is 22.9 Å². The molecule has 0 amide bonds. The molecule has 0 saturated heterocycles. The lowest BCUT2D eigenvalue weighted by atomic mass is 10.1. The minimum Gasteiger partial charge on any atom is -0.493 e. The highest BCUT2D eigenvalue weighted by Crippen LogP contribution is 2.33. The summed E-state index contributed by atoms with van der Waals surface area (Å²) in [6, 6.07) is 16.1. The first kappa shape index (κ1) is 15.4. The van der Waals surface area contributed by atoms with E-state index in [4.69, 9.17) is 9.47 Å². The van der Waals surface area contributed by atoms with Crippen molar-refractivity contribution in [3.8, 4) is 22.8 Å². The normalized spacial score (nSPS) is 10.3. The zero-order chi connectivity index (χ0) is 16.1. The lowest BCUT2D eigenvalue weighted by molar-refractivity contribution is 0.355. The zero-order valence-corrected chi connectivity index (χ0v) is 13.9. The molecular formula is C18H18N2O2S. The van der Waals surface area contributed by atoms with Crippen LogP contribution in [0, 0.1) is 0 Å². The van der Waals surface area contributed by atoms with Gasteiger partial charge in [-0.3, -0.25) is 0 Å². The van der Waals surface area contributed by atoms with Gasteiger partial charge >= 0.3 is 0 Å². The highest BCUT2D eigenvalue weighted by atomic mass is 32.1. The van der Waals surface area contributed by atoms with Gasteiger partial charge in [0, 0.05) is 17.5 Å². The standard InChI is InChI=1S/C18H18N2O2S/c1-21-16-9-8-14(10-17(16)22-2)15-12-23-18(20-15)19-11-13-6-4-3-5-7-13/h3-10,12H,11H2,1-2H3,(H,19,20). The Balaban J connectivity index is 1.74. The Morgan fingerprint density at radius 3 is 2.52 bits per heavy atom. The largest absolute Gasteiger partial charge is 0.493 e. The fourth-order valence-corrected chi connectivity index (χ4v) is 2.98. The van der Waals surface area contributed by atoms with Crippen molar-refractivity contribution >= 4 is 16.5 Å². The van der Waals surface area contributed by atoms with E-state index in [0.29, 0.717) is 11.5 Å². The fourth-order valence-electron chi connectivity index (χ4n) is 2.26. The van der Waals surface area contributed by atoms with Crippen LogP contribution in [0.4, 0.5) is 5.13 Å². The van der Waals surface area contributed by atoms with Crippen LogP contribution < -0.4 is 14.8 Å². The Bertz CT molecular complexity index is 772. The summed E-state index contributed by atoms with van der Waals surface area (Å²) in [5.74, 6) is 1.42. The summed E-state index contributed by atoms with van der Waals surface area (Å²) in [7, 11) is 3.27. The molecule has 3 aromatic rings. The van der Waals surface area contributed by atoms with Gasteiger partial charge in [0.15, 0.2) is 16.6 Å². The molecule has 3 rings (SSSR count). The van der Waals surface area contributed by atoms with Crippen molar-refractivity contribution in [3.05, 3.63) is 59.5 Å². The summed E-state index contributed by atoms with van der Waals surface area (Å²) in [6.07, 6.45) is 0. The number of nitrogens with one attached hydrogen (secondary N) is 1. The molecule has 1 heterocycles. The molecule has 5 heteroatoms. The van der Waals surface area contributed by atoms with E-state index in [1.807, 2.05) is 41.8 Å². The van der Waals surface area contributed by atoms with Gasteiger partial charge in [0.25, 0.3) is 0 Å². The van der Waals surface area contributed by atoms with Crippen LogP contribution >= 0.6 is 11.3 Å². The predicted octanol–water partition coefficient (Wildman–Crippen LogP) is 4.44. The number of ether oxygens (including phenoxy) is 2. The maximum atomic E-state index is 5.35. The molecule has 0 fully saturated rings. The second-order valence-corrected chi connectivity index (χ2v) is 5.80. The summed E-state index contributed by atoms with van der Waals surface area (Å²) in [4.78, 5) is 4.64. The molecule has 118 valence electrons. The first-order valence-electron chi connectivity index (χ1n) is 7.26. The van der Waals surface area contributed by atoms with Crippen LogP contribution in [0.2, 0.25) is 0 Å². The zero-order valence-electron chi connectivity index (χ0n) is 13.1. The van der Waals surface area contributed by atoms with Crippen molar-refractivity contribution in [1.82, 2.24) is 4.98 Å². The lowest BCUT2D eigenvalue weighted by Gasteiger charge is -2.08. The average Bonchev–Trinajstić information content (AvgIpc) is 3.09. The molecule has 0 aliphatic rings. The van der Waals surface area contributed by atoms with Crippen LogP contribution in [0.5, 0.6) is 11.5 Å². The van der Waals surface area contributed by atoms with Gasteiger partial charge in [0.1, 0.15) is 0 Å². The van der Waals surface area contributed by atoms with Crippen LogP contribution in [-0.2, 0) is 6.54 Å². The van der Waals surface area contributed by atoms with Gasteiger partial charge in [-0.15, -0.1) is 11.3 Å². The maximum absolute atomic E-state index is 5.35. The Hall–Kier alpha value is -2.53. The van der Waals surface area contributed by atoms with Crippen molar-refractivity contribution in [3.63, 3.8) is 0 Å². The summed E-state index contributed by atoms with van der Waals surface area (Å²) in [6.45, 7) is 0.764. The maximum Gasteiger partial charge on any atom is 0.183 e. The van der Waals surface area contributed by atoms with Crippen molar-refractivity contribution in [2.45, 2.75) is 6.54 Å². The fraction of sp³-hybridized carbons (Fsp3) is 0.167. The summed E-state index contributed by atoms with van der Waals surface area (Å²) >= 11 is 1.59. The third-order valence-corrected chi connectivity index (χ3v) is 4.27. The topological polar surface area (TPSA) is 43.4 Å². The molecular weight excluding hydrogens is 308 g/mol. The molecule has 0 radical (unpaired) electrons. The number of anilines is 1. The van der Waals surface area contributed by atoms with Gasteiger partial charge in [-0.1, -0.05) is 30.3 Å². The van der Waals surface area contributed by atoms with Crippen molar-refractivity contribution in [2.75, 3.05) is 19.5 Å². The van der Waals surface area contributed by atoms with Gasteiger partial charge < -0.3 is 14.8 Å². The van der Waals surface area contributed by atoms with E-state index in [2.05, 4.69) is 22.4 Å². The van der Waals surface area contributed by atoms with Gasteiger partial charge in [-0.05, 0) is 23.8 Å². The number of nitrogens with zero attached hydrogens (tertiary/aromatic N) is 1. The third-order valence-electron chi connectivity index (χ3n) is 3.47. The molecule has 0 saturated carbocycles. The quantitative estimate of drug-likeness (QED) is 0.727. The Labute approximate surface area is 139 Å². The van der Waals surface area contributed by atoms with Crippen LogP contribution in [-0.4, -0.2) is 19.2 Å². The molecule has 2 aromatic carbocycles. The number of benzene rings is 2. The van der Waals surface area contributed by atoms with Gasteiger partial charge in [-0.2, -0.15) is 0 Å². The van der Waals surface area contributed by atoms with E-state index in [9.17, 15) is 0 Å². The van der Waals surface area contributed by atoms with E-state index >= 15 is 0 Å². The minimum absolute atomic E-state index is 0.705. The number of methoxy groups -OCH3 is 2. The Morgan fingerprint density at radius 1 is 1.00 bits per heavy atom. The average molecular weight is 326 g/mol. The van der Waals surface area contributed by atoms with Crippen LogP contribution in [0.1, 0.15) is 5.56 Å². The SMILES string of the molecule is COc1ccc(-c2csc(NCc3ccccc3)n2)cc1OC.